The van der Waals surface area contributed by atoms with Crippen LogP contribution in [0.3, 0.4) is 0 Å². The van der Waals surface area contributed by atoms with E-state index in [0.29, 0.717) is 21.8 Å². The summed E-state index contributed by atoms with van der Waals surface area (Å²) in [5.41, 5.74) is 3.70. The summed E-state index contributed by atoms with van der Waals surface area (Å²) in [6, 6.07) is 9.16. The lowest BCUT2D eigenvalue weighted by Crippen LogP contribution is -2.11. The minimum Gasteiger partial charge on any atom is -0.339 e. The van der Waals surface area contributed by atoms with Gasteiger partial charge in [-0.3, -0.25) is 5.43 Å². The van der Waals surface area contributed by atoms with Gasteiger partial charge in [0.25, 0.3) is 0 Å². The Bertz CT molecular complexity index is 607. The summed E-state index contributed by atoms with van der Waals surface area (Å²) in [5, 5.41) is 11.9. The number of anilines is 3. The van der Waals surface area contributed by atoms with E-state index in [4.69, 9.17) is 11.1 Å². The maximum atomic E-state index is 8.83. The van der Waals surface area contributed by atoms with Crippen LogP contribution in [0.5, 0.6) is 0 Å². The summed E-state index contributed by atoms with van der Waals surface area (Å²) < 4.78 is 0.698. The Morgan fingerprint density at radius 3 is 2.94 bits per heavy atom. The van der Waals surface area contributed by atoms with Crippen molar-refractivity contribution < 1.29 is 0 Å². The van der Waals surface area contributed by atoms with Gasteiger partial charge in [-0.1, -0.05) is 6.07 Å². The smallest absolute Gasteiger partial charge is 0.239 e. The molecule has 1 heterocycles. The Morgan fingerprint density at radius 2 is 2.22 bits per heavy atom. The average molecular weight is 305 g/mol. The van der Waals surface area contributed by atoms with Gasteiger partial charge in [-0.05, 0) is 34.1 Å². The highest BCUT2D eigenvalue weighted by Gasteiger charge is 2.05. The summed E-state index contributed by atoms with van der Waals surface area (Å²) in [6.07, 6.45) is 1.58. The zero-order valence-corrected chi connectivity index (χ0v) is 10.8. The van der Waals surface area contributed by atoms with Crippen molar-refractivity contribution in [2.24, 2.45) is 5.84 Å². The number of hydrogen-bond acceptors (Lipinski definition) is 6. The van der Waals surface area contributed by atoms with E-state index in [-0.39, 0.29) is 0 Å². The first-order valence-corrected chi connectivity index (χ1v) is 5.78. The largest absolute Gasteiger partial charge is 0.339 e. The van der Waals surface area contributed by atoms with E-state index in [1.165, 1.54) is 0 Å². The minimum absolute atomic E-state index is 0.303. The van der Waals surface area contributed by atoms with E-state index in [1.807, 2.05) is 6.07 Å². The molecule has 0 amide bonds. The summed E-state index contributed by atoms with van der Waals surface area (Å²) in [4.78, 5) is 8.10. The van der Waals surface area contributed by atoms with E-state index in [0.717, 1.165) is 5.69 Å². The lowest BCUT2D eigenvalue weighted by Gasteiger charge is -2.08. The fourth-order valence-corrected chi connectivity index (χ4v) is 1.62. The van der Waals surface area contributed by atoms with Crippen molar-refractivity contribution in [2.45, 2.75) is 0 Å². The lowest BCUT2D eigenvalue weighted by molar-refractivity contribution is 1.11. The Balaban J connectivity index is 2.30. The molecule has 6 nitrogen and oxygen atoms in total. The van der Waals surface area contributed by atoms with Crippen LogP contribution in [-0.4, -0.2) is 9.97 Å². The number of hydrazine groups is 1. The molecule has 0 fully saturated rings. The number of nitrogen functional groups attached to an aromatic ring is 1. The molecule has 1 aromatic carbocycles. The zero-order valence-electron chi connectivity index (χ0n) is 9.18. The number of nitrogens with two attached hydrogens (primary N) is 1. The minimum atomic E-state index is 0.303. The van der Waals surface area contributed by atoms with Gasteiger partial charge >= 0.3 is 0 Å². The van der Waals surface area contributed by atoms with Gasteiger partial charge in [0.05, 0.1) is 16.1 Å². The number of hydrogen-bond donors (Lipinski definition) is 3. The molecule has 0 aliphatic rings. The van der Waals surface area contributed by atoms with Crippen LogP contribution in [-0.2, 0) is 0 Å². The fraction of sp³-hybridized carbons (Fsp3) is 0. The molecule has 90 valence electrons. The SMILES string of the molecule is N#Cc1cccc(Nc2nc(NN)ncc2Br)c1. The number of aromatic nitrogens is 2. The van der Waals surface area contributed by atoms with Gasteiger partial charge < -0.3 is 5.32 Å². The highest BCUT2D eigenvalue weighted by Crippen LogP contribution is 2.24. The quantitative estimate of drug-likeness (QED) is 0.593. The van der Waals surface area contributed by atoms with E-state index < -0.39 is 0 Å². The van der Waals surface area contributed by atoms with Crippen LogP contribution in [0.25, 0.3) is 0 Å². The van der Waals surface area contributed by atoms with Crippen LogP contribution in [0, 0.1) is 11.3 Å². The summed E-state index contributed by atoms with van der Waals surface area (Å²) in [5.74, 6) is 6.11. The first kappa shape index (κ1) is 12.3. The Kier molecular flexibility index (Phi) is 3.72. The first-order valence-electron chi connectivity index (χ1n) is 4.99. The topological polar surface area (TPSA) is 99.7 Å². The number of rotatable bonds is 3. The zero-order chi connectivity index (χ0) is 13.0. The molecule has 0 bridgehead atoms. The highest BCUT2D eigenvalue weighted by atomic mass is 79.9. The van der Waals surface area contributed by atoms with Gasteiger partial charge in [0, 0.05) is 11.9 Å². The normalized spacial score (nSPS) is 9.61. The van der Waals surface area contributed by atoms with E-state index in [1.54, 1.807) is 24.4 Å². The molecule has 0 aliphatic heterocycles. The van der Waals surface area contributed by atoms with E-state index in [2.05, 4.69) is 42.7 Å². The number of nitrogens with one attached hydrogen (secondary N) is 2. The number of nitriles is 1. The van der Waals surface area contributed by atoms with Gasteiger partial charge in [-0.2, -0.15) is 10.2 Å². The van der Waals surface area contributed by atoms with Gasteiger partial charge in [-0.15, -0.1) is 0 Å². The molecule has 0 unspecified atom stereocenters. The summed E-state index contributed by atoms with van der Waals surface area (Å²) in [7, 11) is 0. The Morgan fingerprint density at radius 1 is 1.39 bits per heavy atom. The first-order chi connectivity index (χ1) is 8.72. The lowest BCUT2D eigenvalue weighted by atomic mass is 10.2. The van der Waals surface area contributed by atoms with Crippen molar-refractivity contribution in [3.05, 3.63) is 40.5 Å². The van der Waals surface area contributed by atoms with Crippen molar-refractivity contribution in [1.29, 1.82) is 5.26 Å². The highest BCUT2D eigenvalue weighted by molar-refractivity contribution is 9.10. The molecular weight excluding hydrogens is 296 g/mol. The molecule has 0 radical (unpaired) electrons. The van der Waals surface area contributed by atoms with Crippen LogP contribution in [0.15, 0.2) is 34.9 Å². The predicted molar refractivity (Wildman–Crippen MR) is 72.0 cm³/mol. The molecule has 0 saturated carbocycles. The molecule has 2 aromatic rings. The fourth-order valence-electron chi connectivity index (χ4n) is 1.33. The maximum Gasteiger partial charge on any atom is 0.239 e. The number of nitrogens with zero attached hydrogens (tertiary/aromatic N) is 3. The van der Waals surface area contributed by atoms with Crippen LogP contribution in [0.4, 0.5) is 17.5 Å². The van der Waals surface area contributed by atoms with Gasteiger partial charge in [0.1, 0.15) is 5.82 Å². The Labute approximate surface area is 112 Å². The van der Waals surface area contributed by atoms with Crippen molar-refractivity contribution in [3.63, 3.8) is 0 Å². The van der Waals surface area contributed by atoms with Crippen molar-refractivity contribution in [1.82, 2.24) is 9.97 Å². The summed E-state index contributed by atoms with van der Waals surface area (Å²) >= 11 is 3.33. The third kappa shape index (κ3) is 2.74. The monoisotopic (exact) mass is 304 g/mol. The molecule has 2 rings (SSSR count). The van der Waals surface area contributed by atoms with Crippen LogP contribution in [0.2, 0.25) is 0 Å². The second-order valence-electron chi connectivity index (χ2n) is 3.35. The molecule has 1 aromatic heterocycles. The second kappa shape index (κ2) is 5.44. The van der Waals surface area contributed by atoms with Gasteiger partial charge in [-0.25, -0.2) is 10.8 Å². The van der Waals surface area contributed by atoms with Gasteiger partial charge in [0.2, 0.25) is 5.95 Å². The van der Waals surface area contributed by atoms with E-state index in [9.17, 15) is 0 Å². The third-order valence-electron chi connectivity index (χ3n) is 2.13. The maximum absolute atomic E-state index is 8.83. The average Bonchev–Trinajstić information content (AvgIpc) is 2.41. The molecule has 7 heteroatoms. The van der Waals surface area contributed by atoms with Crippen LogP contribution in [0.1, 0.15) is 5.56 Å². The van der Waals surface area contributed by atoms with Gasteiger partial charge in [0.15, 0.2) is 0 Å². The number of halogens is 1. The molecule has 4 N–H and O–H groups in total. The standard InChI is InChI=1S/C11H9BrN6/c12-9-6-15-11(18-14)17-10(9)16-8-3-1-2-7(4-8)5-13/h1-4,6H,14H2,(H2,15,16,17,18). The molecular formula is C11H9BrN6. The van der Waals surface area contributed by atoms with Crippen molar-refractivity contribution in [2.75, 3.05) is 10.7 Å². The van der Waals surface area contributed by atoms with Crippen LogP contribution >= 0.6 is 15.9 Å². The molecule has 18 heavy (non-hydrogen) atoms. The molecule has 0 spiro atoms. The third-order valence-corrected chi connectivity index (χ3v) is 2.71. The van der Waals surface area contributed by atoms with Crippen molar-refractivity contribution >= 4 is 33.4 Å². The molecule has 0 saturated heterocycles. The van der Waals surface area contributed by atoms with E-state index >= 15 is 0 Å². The molecule has 0 atom stereocenters. The summed E-state index contributed by atoms with van der Waals surface area (Å²) in [6.45, 7) is 0. The molecule has 0 aliphatic carbocycles. The van der Waals surface area contributed by atoms with Crippen molar-refractivity contribution in [3.8, 4) is 6.07 Å². The van der Waals surface area contributed by atoms with Crippen LogP contribution < -0.4 is 16.6 Å². The predicted octanol–water partition coefficient (Wildman–Crippen LogP) is 2.14. The second-order valence-corrected chi connectivity index (χ2v) is 4.21. The Hall–Kier alpha value is -2.17. The number of benzene rings is 1.